The molecule has 9 heteroatoms. The SMILES string of the molecule is CC(=O)Nc1cccc(C(=O)N[C@@H](Cc2ccc(C(F)(F)F)cc2)C(N)=O)c1. The number of alkyl halides is 3. The highest BCUT2D eigenvalue weighted by Gasteiger charge is 2.30. The minimum Gasteiger partial charge on any atom is -0.368 e. The number of nitrogens with two attached hydrogens (primary N) is 1. The fourth-order valence-electron chi connectivity index (χ4n) is 2.47. The third kappa shape index (κ3) is 5.83. The molecular formula is C19H18F3N3O3. The van der Waals surface area contributed by atoms with Gasteiger partial charge in [0.05, 0.1) is 5.56 Å². The molecule has 0 saturated carbocycles. The second-order valence-electron chi connectivity index (χ2n) is 6.09. The van der Waals surface area contributed by atoms with Gasteiger partial charge in [-0.2, -0.15) is 13.2 Å². The van der Waals surface area contributed by atoms with Crippen molar-refractivity contribution in [1.82, 2.24) is 5.32 Å². The minimum absolute atomic E-state index is 0.0649. The van der Waals surface area contributed by atoms with Gasteiger partial charge in [-0.15, -0.1) is 0 Å². The van der Waals surface area contributed by atoms with Crippen LogP contribution in [-0.4, -0.2) is 23.8 Å². The normalized spacial score (nSPS) is 12.1. The lowest BCUT2D eigenvalue weighted by Gasteiger charge is -2.16. The Balaban J connectivity index is 2.11. The van der Waals surface area contributed by atoms with Gasteiger partial charge >= 0.3 is 6.18 Å². The highest BCUT2D eigenvalue weighted by Crippen LogP contribution is 2.29. The lowest BCUT2D eigenvalue weighted by atomic mass is 10.0. The van der Waals surface area contributed by atoms with Gasteiger partial charge in [0.2, 0.25) is 11.8 Å². The predicted molar refractivity (Wildman–Crippen MR) is 96.3 cm³/mol. The van der Waals surface area contributed by atoms with Crippen molar-refractivity contribution in [2.24, 2.45) is 5.73 Å². The van der Waals surface area contributed by atoms with Crippen molar-refractivity contribution in [2.45, 2.75) is 25.6 Å². The number of carbonyl (C=O) groups excluding carboxylic acids is 3. The van der Waals surface area contributed by atoms with E-state index in [1.807, 2.05) is 0 Å². The summed E-state index contributed by atoms with van der Waals surface area (Å²) >= 11 is 0. The molecule has 3 amide bonds. The Morgan fingerprint density at radius 2 is 1.71 bits per heavy atom. The number of rotatable bonds is 6. The van der Waals surface area contributed by atoms with E-state index in [1.165, 1.54) is 31.2 Å². The van der Waals surface area contributed by atoms with Gasteiger partial charge < -0.3 is 16.4 Å². The Kier molecular flexibility index (Phi) is 6.40. The Labute approximate surface area is 158 Å². The molecular weight excluding hydrogens is 375 g/mol. The zero-order valence-electron chi connectivity index (χ0n) is 14.8. The van der Waals surface area contributed by atoms with Crippen molar-refractivity contribution in [3.05, 3.63) is 65.2 Å². The molecule has 0 aliphatic rings. The number of benzene rings is 2. The molecule has 148 valence electrons. The smallest absolute Gasteiger partial charge is 0.368 e. The number of anilines is 1. The van der Waals surface area contributed by atoms with Gasteiger partial charge in [0.1, 0.15) is 6.04 Å². The maximum atomic E-state index is 12.6. The average molecular weight is 393 g/mol. The third-order valence-corrected chi connectivity index (χ3v) is 3.81. The molecule has 0 fully saturated rings. The van der Waals surface area contributed by atoms with Crippen LogP contribution in [0, 0.1) is 0 Å². The quantitative estimate of drug-likeness (QED) is 0.703. The van der Waals surface area contributed by atoms with Crippen LogP contribution < -0.4 is 16.4 Å². The Morgan fingerprint density at radius 3 is 2.25 bits per heavy atom. The van der Waals surface area contributed by atoms with Gasteiger partial charge in [-0.3, -0.25) is 14.4 Å². The molecule has 0 bridgehead atoms. The summed E-state index contributed by atoms with van der Waals surface area (Å²) in [6.07, 6.45) is -4.53. The molecule has 0 saturated heterocycles. The van der Waals surface area contributed by atoms with Crippen molar-refractivity contribution >= 4 is 23.4 Å². The fraction of sp³-hybridized carbons (Fsp3) is 0.211. The average Bonchev–Trinajstić information content (AvgIpc) is 2.60. The molecule has 0 aliphatic carbocycles. The van der Waals surface area contributed by atoms with Gasteiger partial charge in [0, 0.05) is 24.6 Å². The van der Waals surface area contributed by atoms with Crippen LogP contribution in [-0.2, 0) is 22.2 Å². The van der Waals surface area contributed by atoms with Gasteiger partial charge in [0.15, 0.2) is 0 Å². The van der Waals surface area contributed by atoms with Crippen LogP contribution >= 0.6 is 0 Å². The van der Waals surface area contributed by atoms with Crippen molar-refractivity contribution < 1.29 is 27.6 Å². The molecule has 1 atom stereocenters. The monoisotopic (exact) mass is 393 g/mol. The summed E-state index contributed by atoms with van der Waals surface area (Å²) in [5.41, 5.74) is 5.49. The molecule has 0 aromatic heterocycles. The maximum Gasteiger partial charge on any atom is 0.416 e. The van der Waals surface area contributed by atoms with Crippen molar-refractivity contribution in [3.8, 4) is 0 Å². The summed E-state index contributed by atoms with van der Waals surface area (Å²) in [7, 11) is 0. The van der Waals surface area contributed by atoms with E-state index in [4.69, 9.17) is 5.73 Å². The second-order valence-corrected chi connectivity index (χ2v) is 6.09. The van der Waals surface area contributed by atoms with Crippen molar-refractivity contribution in [3.63, 3.8) is 0 Å². The molecule has 2 aromatic rings. The van der Waals surface area contributed by atoms with Crippen LogP contribution in [0.15, 0.2) is 48.5 Å². The first kappa shape index (κ1) is 20.9. The van der Waals surface area contributed by atoms with Crippen LogP contribution in [0.2, 0.25) is 0 Å². The van der Waals surface area contributed by atoms with Gasteiger partial charge in [-0.25, -0.2) is 0 Å². The molecule has 0 heterocycles. The van der Waals surface area contributed by atoms with Crippen LogP contribution in [0.4, 0.5) is 18.9 Å². The van der Waals surface area contributed by atoms with Gasteiger partial charge in [-0.05, 0) is 35.9 Å². The molecule has 28 heavy (non-hydrogen) atoms. The molecule has 2 aromatic carbocycles. The number of carbonyl (C=O) groups is 3. The van der Waals surface area contributed by atoms with E-state index in [2.05, 4.69) is 10.6 Å². The third-order valence-electron chi connectivity index (χ3n) is 3.81. The highest BCUT2D eigenvalue weighted by molar-refractivity contribution is 5.99. The minimum atomic E-state index is -4.46. The van der Waals surface area contributed by atoms with Crippen LogP contribution in [0.1, 0.15) is 28.4 Å². The molecule has 0 spiro atoms. The number of primary amides is 1. The lowest BCUT2D eigenvalue weighted by Crippen LogP contribution is -2.45. The summed E-state index contributed by atoms with van der Waals surface area (Å²) in [5.74, 6) is -1.75. The van der Waals surface area contributed by atoms with Crippen molar-refractivity contribution in [1.29, 1.82) is 0 Å². The summed E-state index contributed by atoms with van der Waals surface area (Å²) in [5, 5.41) is 4.99. The molecule has 6 nitrogen and oxygen atoms in total. The standard InChI is InChI=1S/C19H18F3N3O3/c1-11(26)24-15-4-2-3-13(10-15)18(28)25-16(17(23)27)9-12-5-7-14(8-6-12)19(20,21)22/h2-8,10,16H,9H2,1H3,(H2,23,27)(H,24,26)(H,25,28)/t16-/m0/s1. The fourth-order valence-corrected chi connectivity index (χ4v) is 2.47. The zero-order chi connectivity index (χ0) is 20.9. The Morgan fingerprint density at radius 1 is 1.07 bits per heavy atom. The second kappa shape index (κ2) is 8.55. The van der Waals surface area contributed by atoms with Crippen molar-refractivity contribution in [2.75, 3.05) is 5.32 Å². The van der Waals surface area contributed by atoms with Crippen LogP contribution in [0.25, 0.3) is 0 Å². The van der Waals surface area contributed by atoms with E-state index in [0.29, 0.717) is 11.3 Å². The van der Waals surface area contributed by atoms with Crippen LogP contribution in [0.5, 0.6) is 0 Å². The first-order chi connectivity index (χ1) is 13.1. The largest absolute Gasteiger partial charge is 0.416 e. The molecule has 2 rings (SSSR count). The maximum absolute atomic E-state index is 12.6. The highest BCUT2D eigenvalue weighted by atomic mass is 19.4. The molecule has 0 aliphatic heterocycles. The van der Waals surface area contributed by atoms with E-state index in [-0.39, 0.29) is 17.9 Å². The predicted octanol–water partition coefficient (Wildman–Crippen LogP) is 2.49. The number of nitrogens with one attached hydrogen (secondary N) is 2. The summed E-state index contributed by atoms with van der Waals surface area (Å²) in [6.45, 7) is 1.32. The Bertz CT molecular complexity index is 880. The van der Waals surface area contributed by atoms with Gasteiger partial charge in [-0.1, -0.05) is 18.2 Å². The van der Waals surface area contributed by atoms with Gasteiger partial charge in [0.25, 0.3) is 5.91 Å². The summed E-state index contributed by atoms with van der Waals surface area (Å²) in [4.78, 5) is 35.2. The van der Waals surface area contributed by atoms with E-state index in [1.54, 1.807) is 12.1 Å². The topological polar surface area (TPSA) is 101 Å². The Hall–Kier alpha value is -3.36. The molecule has 0 unspecified atom stereocenters. The van der Waals surface area contributed by atoms with E-state index < -0.39 is 29.6 Å². The first-order valence-corrected chi connectivity index (χ1v) is 8.20. The van der Waals surface area contributed by atoms with E-state index in [9.17, 15) is 27.6 Å². The van der Waals surface area contributed by atoms with Crippen LogP contribution in [0.3, 0.4) is 0 Å². The summed E-state index contributed by atoms with van der Waals surface area (Å²) < 4.78 is 37.9. The zero-order valence-corrected chi connectivity index (χ0v) is 14.8. The first-order valence-electron chi connectivity index (χ1n) is 8.20. The number of hydrogen-bond acceptors (Lipinski definition) is 3. The lowest BCUT2D eigenvalue weighted by molar-refractivity contribution is -0.137. The van der Waals surface area contributed by atoms with E-state index in [0.717, 1.165) is 12.1 Å². The summed E-state index contributed by atoms with van der Waals surface area (Å²) in [6, 6.07) is 9.17. The number of halogens is 3. The molecule has 4 N–H and O–H groups in total. The van der Waals surface area contributed by atoms with E-state index >= 15 is 0 Å². The number of amides is 3. The number of hydrogen-bond donors (Lipinski definition) is 3. The molecule has 0 radical (unpaired) electrons.